The number of hydrogen-bond donors (Lipinski definition) is 1. The van der Waals surface area contributed by atoms with Gasteiger partial charge < -0.3 is 29.2 Å². The average Bonchev–Trinajstić information content (AvgIpc) is 3.85. The molecule has 0 spiro atoms. The maximum atomic E-state index is 16.6. The van der Waals surface area contributed by atoms with E-state index >= 15 is 4.39 Å². The molecule has 1 saturated heterocycles. The van der Waals surface area contributed by atoms with Gasteiger partial charge in [0.1, 0.15) is 17.3 Å². The Bertz CT molecular complexity index is 2070. The lowest BCUT2D eigenvalue weighted by molar-refractivity contribution is -0.131. The number of methoxy groups -OCH3 is 2. The van der Waals surface area contributed by atoms with Crippen molar-refractivity contribution in [2.24, 2.45) is 0 Å². The molecule has 12 nitrogen and oxygen atoms in total. The predicted molar refractivity (Wildman–Crippen MR) is 183 cm³/mol. The van der Waals surface area contributed by atoms with Gasteiger partial charge in [0, 0.05) is 74.5 Å². The summed E-state index contributed by atoms with van der Waals surface area (Å²) in [4.78, 5) is 39.7. The first kappa shape index (κ1) is 32.7. The summed E-state index contributed by atoms with van der Waals surface area (Å²) >= 11 is 0. The molecule has 1 fully saturated rings. The first-order valence-corrected chi connectivity index (χ1v) is 16.4. The van der Waals surface area contributed by atoms with Crippen LogP contribution in [0.25, 0.3) is 27.6 Å². The number of hydrogen-bond acceptors (Lipinski definition) is 8. The predicted octanol–water partition coefficient (Wildman–Crippen LogP) is 4.79. The maximum absolute atomic E-state index is 16.6. The molecule has 0 bridgehead atoms. The second-order valence-electron chi connectivity index (χ2n) is 12.2. The molecule has 2 aromatic carbocycles. The number of fused-ring (bicyclic) bond motifs is 1. The van der Waals surface area contributed by atoms with Gasteiger partial charge in [0.15, 0.2) is 17.4 Å². The zero-order chi connectivity index (χ0) is 34.8. The van der Waals surface area contributed by atoms with Crippen LogP contribution in [0.2, 0.25) is 0 Å². The summed E-state index contributed by atoms with van der Waals surface area (Å²) in [6.07, 6.45) is 7.20. The Balaban J connectivity index is 1.18. The third kappa shape index (κ3) is 6.35. The van der Waals surface area contributed by atoms with Crippen molar-refractivity contribution in [1.82, 2.24) is 34.8 Å². The van der Waals surface area contributed by atoms with Gasteiger partial charge in [0.25, 0.3) is 5.91 Å². The number of piperazine rings is 1. The lowest BCUT2D eigenvalue weighted by atomic mass is 9.93. The highest BCUT2D eigenvalue weighted by Gasteiger charge is 2.29. The smallest absolute Gasteiger partial charge is 0.270 e. The molecule has 2 amide bonds. The van der Waals surface area contributed by atoms with E-state index in [0.29, 0.717) is 85.1 Å². The van der Waals surface area contributed by atoms with Crippen molar-refractivity contribution in [1.29, 1.82) is 0 Å². The van der Waals surface area contributed by atoms with Gasteiger partial charge in [-0.15, -0.1) is 5.10 Å². The van der Waals surface area contributed by atoms with E-state index in [1.54, 1.807) is 46.1 Å². The van der Waals surface area contributed by atoms with Crippen molar-refractivity contribution in [2.75, 3.05) is 58.4 Å². The lowest BCUT2D eigenvalue weighted by Gasteiger charge is -2.35. The summed E-state index contributed by atoms with van der Waals surface area (Å²) in [6, 6.07) is 12.2. The van der Waals surface area contributed by atoms with Crippen LogP contribution in [0.5, 0.6) is 11.5 Å². The fraction of sp³-hybridized carbons (Fsp3) is 0.306. The molecule has 0 saturated carbocycles. The number of ether oxygens (including phenoxy) is 2. The van der Waals surface area contributed by atoms with E-state index in [9.17, 15) is 14.0 Å². The fourth-order valence-corrected chi connectivity index (χ4v) is 6.66. The first-order chi connectivity index (χ1) is 24.3. The van der Waals surface area contributed by atoms with E-state index in [4.69, 9.17) is 9.47 Å². The van der Waals surface area contributed by atoms with Crippen molar-refractivity contribution in [3.63, 3.8) is 0 Å². The first-order valence-electron chi connectivity index (χ1n) is 16.4. The number of aryl methyl sites for hydroxylation is 1. The fourth-order valence-electron chi connectivity index (χ4n) is 6.66. The molecule has 0 atom stereocenters. The number of nitrogens with one attached hydrogen (secondary N) is 1. The van der Waals surface area contributed by atoms with Crippen molar-refractivity contribution in [3.8, 4) is 22.6 Å². The molecule has 50 heavy (non-hydrogen) atoms. The lowest BCUT2D eigenvalue weighted by Crippen LogP contribution is -2.49. The molecule has 5 aromatic rings. The monoisotopic (exact) mass is 682 g/mol. The molecule has 0 radical (unpaired) electrons. The number of nitrogens with zero attached hydrogens (tertiary/aromatic N) is 7. The minimum atomic E-state index is -0.500. The third-order valence-corrected chi connectivity index (χ3v) is 9.24. The molecule has 0 unspecified atom stereocenters. The zero-order valence-corrected chi connectivity index (χ0v) is 27.7. The van der Waals surface area contributed by atoms with Crippen LogP contribution in [-0.4, -0.2) is 100 Å². The summed E-state index contributed by atoms with van der Waals surface area (Å²) in [7, 11) is 3.04. The van der Waals surface area contributed by atoms with Gasteiger partial charge in [-0.25, -0.2) is 13.8 Å². The SMILES string of the molecule is COc1ccccc1-c1cc(C2=CCCN(C(=O)CCn3ccnn3)C2)c(F)c2[nH]c(C(=O)N3CCN(c4ncc(F)cc4OC)CC3)cc12. The third-order valence-electron chi connectivity index (χ3n) is 9.24. The van der Waals surface area contributed by atoms with Crippen molar-refractivity contribution in [2.45, 2.75) is 19.4 Å². The Kier molecular flexibility index (Phi) is 9.15. The second-order valence-corrected chi connectivity index (χ2v) is 12.2. The molecular formula is C36H36F2N8O4. The molecule has 2 aliphatic rings. The zero-order valence-electron chi connectivity index (χ0n) is 27.7. The normalized spacial score (nSPS) is 15.0. The molecular weight excluding hydrogens is 646 g/mol. The van der Waals surface area contributed by atoms with Gasteiger partial charge >= 0.3 is 0 Å². The number of para-hydroxylation sites is 1. The quantitative estimate of drug-likeness (QED) is 0.236. The van der Waals surface area contributed by atoms with E-state index in [2.05, 4.69) is 20.3 Å². The van der Waals surface area contributed by atoms with Crippen molar-refractivity contribution in [3.05, 3.63) is 90.0 Å². The van der Waals surface area contributed by atoms with Crippen LogP contribution < -0.4 is 14.4 Å². The van der Waals surface area contributed by atoms with Crippen LogP contribution in [0.4, 0.5) is 14.6 Å². The van der Waals surface area contributed by atoms with E-state index in [1.165, 1.54) is 13.2 Å². The summed E-state index contributed by atoms with van der Waals surface area (Å²) in [6.45, 7) is 2.82. The van der Waals surface area contributed by atoms with E-state index in [-0.39, 0.29) is 36.0 Å². The number of benzene rings is 2. The summed E-state index contributed by atoms with van der Waals surface area (Å²) in [5, 5.41) is 8.26. The largest absolute Gasteiger partial charge is 0.496 e. The number of halogens is 2. The van der Waals surface area contributed by atoms with Gasteiger partial charge in [-0.05, 0) is 35.8 Å². The Morgan fingerprint density at radius 2 is 1.72 bits per heavy atom. The number of rotatable bonds is 9. The number of carbonyl (C=O) groups excluding carboxylic acids is 2. The van der Waals surface area contributed by atoms with Gasteiger partial charge in [-0.1, -0.05) is 29.5 Å². The Labute approximate surface area is 286 Å². The van der Waals surface area contributed by atoms with Crippen LogP contribution in [0, 0.1) is 11.6 Å². The van der Waals surface area contributed by atoms with Crippen LogP contribution in [-0.2, 0) is 11.3 Å². The summed E-state index contributed by atoms with van der Waals surface area (Å²) in [5.41, 5.74) is 2.92. The summed E-state index contributed by atoms with van der Waals surface area (Å²) in [5.74, 6) is 0.111. The molecule has 258 valence electrons. The number of pyridine rings is 1. The van der Waals surface area contributed by atoms with Crippen LogP contribution in [0.3, 0.4) is 0 Å². The van der Waals surface area contributed by atoms with E-state index in [1.807, 2.05) is 35.2 Å². The molecule has 2 aliphatic heterocycles. The van der Waals surface area contributed by atoms with E-state index in [0.717, 1.165) is 11.8 Å². The van der Waals surface area contributed by atoms with Crippen molar-refractivity contribution >= 4 is 34.1 Å². The summed E-state index contributed by atoms with van der Waals surface area (Å²) < 4.78 is 43.0. The molecule has 14 heteroatoms. The number of amides is 2. The average molecular weight is 683 g/mol. The van der Waals surface area contributed by atoms with Crippen LogP contribution >= 0.6 is 0 Å². The highest BCUT2D eigenvalue weighted by atomic mass is 19.1. The van der Waals surface area contributed by atoms with Gasteiger partial charge in [-0.2, -0.15) is 0 Å². The van der Waals surface area contributed by atoms with Crippen molar-refractivity contribution < 1.29 is 27.8 Å². The number of carbonyl (C=O) groups is 2. The molecule has 5 heterocycles. The van der Waals surface area contributed by atoms with Gasteiger partial charge in [-0.3, -0.25) is 14.3 Å². The number of H-pyrrole nitrogens is 1. The number of anilines is 1. The minimum absolute atomic E-state index is 0.0564. The Hall–Kier alpha value is -5.79. The Morgan fingerprint density at radius 3 is 2.48 bits per heavy atom. The van der Waals surface area contributed by atoms with E-state index < -0.39 is 11.6 Å². The topological polar surface area (TPSA) is 122 Å². The van der Waals surface area contributed by atoms with Gasteiger partial charge in [0.2, 0.25) is 5.91 Å². The molecule has 1 N–H and O–H groups in total. The molecule has 0 aliphatic carbocycles. The Morgan fingerprint density at radius 1 is 0.920 bits per heavy atom. The highest BCUT2D eigenvalue weighted by molar-refractivity contribution is 6.05. The standard InChI is InChI=1S/C36H36F2N8O4/c1-49-30-8-4-3-7-25(30)27-19-26(23-6-5-11-45(22-23)32(47)9-12-46-13-10-40-42-46)33(38)34-28(27)20-29(41-34)36(48)44-16-14-43(15-17-44)35-31(50-2)18-24(37)21-39-35/h3-4,6-8,10,13,18-21,41H,5,9,11-12,14-17,22H2,1-2H3. The molecule has 7 rings (SSSR count). The second kappa shape index (κ2) is 14.0. The number of aromatic nitrogens is 5. The van der Waals surface area contributed by atoms with Crippen LogP contribution in [0.1, 0.15) is 28.9 Å². The van der Waals surface area contributed by atoms with Gasteiger partial charge in [0.05, 0.1) is 38.7 Å². The maximum Gasteiger partial charge on any atom is 0.270 e. The van der Waals surface area contributed by atoms with Crippen LogP contribution in [0.15, 0.2) is 67.1 Å². The molecule has 3 aromatic heterocycles. The highest BCUT2D eigenvalue weighted by Crippen LogP contribution is 2.40. The number of aromatic amines is 1. The minimum Gasteiger partial charge on any atom is -0.496 e.